The molecule has 1 aliphatic rings. The second-order valence-corrected chi connectivity index (χ2v) is 6.50. The van der Waals surface area contributed by atoms with Crippen LogP contribution in [0.25, 0.3) is 0 Å². The van der Waals surface area contributed by atoms with Crippen molar-refractivity contribution in [3.63, 3.8) is 0 Å². The number of hydrazone groups is 1. The van der Waals surface area contributed by atoms with Crippen molar-refractivity contribution in [2.75, 3.05) is 0 Å². The Kier molecular flexibility index (Phi) is 4.67. The fourth-order valence-corrected chi connectivity index (χ4v) is 3.14. The standard InChI is InChI=1S/C18H15BrFN3O2/c1-2-18(13-6-4-3-5-7-13)16(24)23(17(25)22-18)21-11-12-10-14(19)8-9-15(12)20/h3-11H,2H2,1H3,(H,22,25)/b21-11-/t18-/m1/s1. The van der Waals surface area contributed by atoms with Crippen LogP contribution in [0.5, 0.6) is 0 Å². The van der Waals surface area contributed by atoms with E-state index in [0.29, 0.717) is 16.5 Å². The number of halogens is 2. The molecule has 3 rings (SSSR count). The first-order valence-corrected chi connectivity index (χ1v) is 8.48. The lowest BCUT2D eigenvalue weighted by molar-refractivity contribution is -0.131. The molecule has 128 valence electrons. The van der Waals surface area contributed by atoms with E-state index in [-0.39, 0.29) is 5.56 Å². The topological polar surface area (TPSA) is 61.8 Å². The zero-order valence-electron chi connectivity index (χ0n) is 13.4. The van der Waals surface area contributed by atoms with Crippen LogP contribution in [0.3, 0.4) is 0 Å². The van der Waals surface area contributed by atoms with Crippen LogP contribution in [0.15, 0.2) is 58.1 Å². The molecule has 7 heteroatoms. The van der Waals surface area contributed by atoms with Crippen molar-refractivity contribution in [3.05, 3.63) is 69.9 Å². The van der Waals surface area contributed by atoms with Crippen molar-refractivity contribution in [2.24, 2.45) is 5.10 Å². The third-order valence-corrected chi connectivity index (χ3v) is 4.63. The number of amides is 3. The maximum absolute atomic E-state index is 13.8. The van der Waals surface area contributed by atoms with Gasteiger partial charge in [-0.1, -0.05) is 53.2 Å². The molecule has 0 unspecified atom stereocenters. The zero-order valence-corrected chi connectivity index (χ0v) is 15.0. The van der Waals surface area contributed by atoms with Gasteiger partial charge in [0.05, 0.1) is 6.21 Å². The highest BCUT2D eigenvalue weighted by atomic mass is 79.9. The summed E-state index contributed by atoms with van der Waals surface area (Å²) in [6, 6.07) is 12.7. The molecule has 25 heavy (non-hydrogen) atoms. The van der Waals surface area contributed by atoms with Crippen LogP contribution in [0.2, 0.25) is 0 Å². The smallest absolute Gasteiger partial charge is 0.318 e. The van der Waals surface area contributed by atoms with Gasteiger partial charge in [-0.25, -0.2) is 9.18 Å². The minimum Gasteiger partial charge on any atom is -0.318 e. The highest BCUT2D eigenvalue weighted by molar-refractivity contribution is 9.10. The normalized spacial score (nSPS) is 20.4. The van der Waals surface area contributed by atoms with Crippen molar-refractivity contribution in [3.8, 4) is 0 Å². The summed E-state index contributed by atoms with van der Waals surface area (Å²) in [6.07, 6.45) is 1.53. The maximum atomic E-state index is 13.8. The van der Waals surface area contributed by atoms with Crippen molar-refractivity contribution in [1.29, 1.82) is 0 Å². The molecule has 1 atom stereocenters. The third-order valence-electron chi connectivity index (χ3n) is 4.14. The fraction of sp³-hybridized carbons (Fsp3) is 0.167. The largest absolute Gasteiger partial charge is 0.346 e. The van der Waals surface area contributed by atoms with E-state index >= 15 is 0 Å². The molecule has 1 N–H and O–H groups in total. The van der Waals surface area contributed by atoms with E-state index in [1.807, 2.05) is 13.0 Å². The predicted molar refractivity (Wildman–Crippen MR) is 95.5 cm³/mol. The molecule has 1 aliphatic heterocycles. The maximum Gasteiger partial charge on any atom is 0.346 e. The van der Waals surface area contributed by atoms with Crippen LogP contribution in [0.4, 0.5) is 9.18 Å². The van der Waals surface area contributed by atoms with Crippen molar-refractivity contribution < 1.29 is 14.0 Å². The summed E-state index contributed by atoms with van der Waals surface area (Å²) in [4.78, 5) is 25.2. The van der Waals surface area contributed by atoms with Gasteiger partial charge in [0.2, 0.25) is 0 Å². The van der Waals surface area contributed by atoms with Gasteiger partial charge in [0.25, 0.3) is 5.91 Å². The summed E-state index contributed by atoms with van der Waals surface area (Å²) in [7, 11) is 0. The molecule has 3 amide bonds. The van der Waals surface area contributed by atoms with Gasteiger partial charge in [0.15, 0.2) is 0 Å². The van der Waals surface area contributed by atoms with E-state index in [2.05, 4.69) is 26.3 Å². The van der Waals surface area contributed by atoms with Gasteiger partial charge in [-0.05, 0) is 30.2 Å². The number of nitrogens with zero attached hydrogens (tertiary/aromatic N) is 2. The molecule has 0 bridgehead atoms. The van der Waals surface area contributed by atoms with Crippen molar-refractivity contribution in [1.82, 2.24) is 10.3 Å². The highest BCUT2D eigenvalue weighted by Crippen LogP contribution is 2.32. The number of hydrogen-bond donors (Lipinski definition) is 1. The molecular weight excluding hydrogens is 389 g/mol. The minimum absolute atomic E-state index is 0.170. The molecular formula is C18H15BrFN3O2. The average molecular weight is 404 g/mol. The van der Waals surface area contributed by atoms with Crippen molar-refractivity contribution in [2.45, 2.75) is 18.9 Å². The summed E-state index contributed by atoms with van der Waals surface area (Å²) in [5.41, 5.74) is -0.309. The van der Waals surface area contributed by atoms with Crippen LogP contribution < -0.4 is 5.32 Å². The fourth-order valence-electron chi connectivity index (χ4n) is 2.76. The number of urea groups is 1. The Hall–Kier alpha value is -2.54. The van der Waals surface area contributed by atoms with Gasteiger partial charge in [-0.2, -0.15) is 5.10 Å². The molecule has 1 saturated heterocycles. The number of carbonyl (C=O) groups excluding carboxylic acids is 2. The van der Waals surface area contributed by atoms with Gasteiger partial charge >= 0.3 is 6.03 Å². The van der Waals surface area contributed by atoms with E-state index in [1.165, 1.54) is 12.1 Å². The molecule has 1 fully saturated rings. The number of carbonyl (C=O) groups is 2. The Morgan fingerprint density at radius 2 is 1.96 bits per heavy atom. The van der Waals surface area contributed by atoms with E-state index < -0.39 is 23.3 Å². The van der Waals surface area contributed by atoms with E-state index in [1.54, 1.807) is 30.3 Å². The van der Waals surface area contributed by atoms with Crippen LogP contribution in [0, 0.1) is 5.82 Å². The van der Waals surface area contributed by atoms with Gasteiger partial charge in [-0.15, -0.1) is 5.01 Å². The van der Waals surface area contributed by atoms with Crippen LogP contribution in [-0.4, -0.2) is 23.2 Å². The Morgan fingerprint density at radius 3 is 2.64 bits per heavy atom. The molecule has 0 aromatic heterocycles. The molecule has 0 saturated carbocycles. The Balaban J connectivity index is 1.94. The SMILES string of the molecule is CC[C@]1(c2ccccc2)NC(=O)N(/N=C\c2cc(Br)ccc2F)C1=O. The van der Waals surface area contributed by atoms with Crippen LogP contribution in [-0.2, 0) is 10.3 Å². The Morgan fingerprint density at radius 1 is 1.24 bits per heavy atom. The quantitative estimate of drug-likeness (QED) is 0.623. The monoisotopic (exact) mass is 403 g/mol. The van der Waals surface area contributed by atoms with Gasteiger partial charge in [-0.3, -0.25) is 4.79 Å². The highest BCUT2D eigenvalue weighted by Gasteiger charge is 2.51. The van der Waals surface area contributed by atoms with Crippen molar-refractivity contribution >= 4 is 34.1 Å². The van der Waals surface area contributed by atoms with E-state index in [9.17, 15) is 14.0 Å². The number of imide groups is 1. The Labute approximate surface area is 152 Å². The second kappa shape index (κ2) is 6.76. The summed E-state index contributed by atoms with van der Waals surface area (Å²) < 4.78 is 14.5. The number of rotatable bonds is 4. The zero-order chi connectivity index (χ0) is 18.0. The lowest BCUT2D eigenvalue weighted by Crippen LogP contribution is -2.43. The lowest BCUT2D eigenvalue weighted by atomic mass is 9.87. The minimum atomic E-state index is -1.16. The molecule has 0 radical (unpaired) electrons. The Bertz CT molecular complexity index is 857. The summed E-state index contributed by atoms with van der Waals surface area (Å²) in [5, 5.41) is 7.38. The van der Waals surface area contributed by atoms with Crippen LogP contribution >= 0.6 is 15.9 Å². The molecule has 0 aliphatic carbocycles. The predicted octanol–water partition coefficient (Wildman–Crippen LogP) is 3.78. The molecule has 1 heterocycles. The van der Waals surface area contributed by atoms with Crippen LogP contribution in [0.1, 0.15) is 24.5 Å². The van der Waals surface area contributed by atoms with E-state index in [4.69, 9.17) is 0 Å². The number of benzene rings is 2. The first-order chi connectivity index (χ1) is 12.0. The average Bonchev–Trinajstić information content (AvgIpc) is 2.87. The first kappa shape index (κ1) is 17.3. The third kappa shape index (κ3) is 3.07. The lowest BCUT2D eigenvalue weighted by Gasteiger charge is -2.24. The van der Waals surface area contributed by atoms with E-state index in [0.717, 1.165) is 11.2 Å². The molecule has 0 spiro atoms. The number of nitrogens with one attached hydrogen (secondary N) is 1. The van der Waals surface area contributed by atoms with Gasteiger partial charge in [0.1, 0.15) is 11.4 Å². The molecule has 2 aromatic rings. The van der Waals surface area contributed by atoms with Gasteiger partial charge in [0, 0.05) is 10.0 Å². The summed E-state index contributed by atoms with van der Waals surface area (Å²) >= 11 is 3.25. The molecule has 5 nitrogen and oxygen atoms in total. The molecule has 2 aromatic carbocycles. The summed E-state index contributed by atoms with van der Waals surface area (Å²) in [5.74, 6) is -0.985. The first-order valence-electron chi connectivity index (χ1n) is 7.69. The number of hydrogen-bond acceptors (Lipinski definition) is 3. The van der Waals surface area contributed by atoms with Gasteiger partial charge < -0.3 is 5.32 Å². The second-order valence-electron chi connectivity index (χ2n) is 5.58. The summed E-state index contributed by atoms with van der Waals surface area (Å²) in [6.45, 7) is 1.81.